The zero-order valence-electron chi connectivity index (χ0n) is 47.2. The monoisotopic (exact) mass is 1340 g/mol. The summed E-state index contributed by atoms with van der Waals surface area (Å²) in [6.45, 7) is 53.4. The van der Waals surface area contributed by atoms with E-state index in [1.807, 2.05) is 0 Å². The number of halogens is 2. The van der Waals surface area contributed by atoms with Gasteiger partial charge in [0.2, 0.25) is 0 Å². The first-order valence-corrected chi connectivity index (χ1v) is 52.6. The van der Waals surface area contributed by atoms with E-state index in [0.29, 0.717) is 0 Å². The van der Waals surface area contributed by atoms with Gasteiger partial charge in [-0.3, -0.25) is 0 Å². The van der Waals surface area contributed by atoms with Gasteiger partial charge in [0.25, 0.3) is 0 Å². The van der Waals surface area contributed by atoms with Gasteiger partial charge in [0, 0.05) is 16.1 Å². The van der Waals surface area contributed by atoms with Gasteiger partial charge < -0.3 is 54.3 Å². The van der Waals surface area contributed by atoms with Crippen LogP contribution in [-0.2, 0) is 80.9 Å². The van der Waals surface area contributed by atoms with Crippen molar-refractivity contribution in [3.05, 3.63) is 130 Å². The maximum atomic E-state index is 8.49. The van der Waals surface area contributed by atoms with Crippen LogP contribution in [-0.4, -0.2) is 64.6 Å². The Balaban J connectivity index is -0.0000000853. The van der Waals surface area contributed by atoms with E-state index in [0.717, 1.165) is 0 Å². The Morgan fingerprint density at radius 2 is 0.757 bits per heavy atom. The maximum absolute atomic E-state index is 8.49. The third-order valence-corrected chi connectivity index (χ3v) is 18.9. The van der Waals surface area contributed by atoms with E-state index < -0.39 is 74.8 Å². The fraction of sp³-hybridized carbons (Fsp3) is 0.462. The fourth-order valence-corrected chi connectivity index (χ4v) is 8.27. The van der Waals surface area contributed by atoms with E-state index in [2.05, 4.69) is 303 Å². The van der Waals surface area contributed by atoms with Crippen LogP contribution in [0.2, 0.25) is 157 Å². The third kappa shape index (κ3) is 75.6. The van der Waals surface area contributed by atoms with E-state index >= 15 is 0 Å². The quantitative estimate of drug-likeness (QED) is 0.148. The van der Waals surface area contributed by atoms with E-state index in [1.165, 1.54) is 0 Å². The molecule has 0 atom stereocenters. The first-order valence-electron chi connectivity index (χ1n) is 22.0. The molecule has 0 saturated heterocycles. The molecular weight excluding hydrogens is 1250 g/mol. The molecule has 3 aromatic rings. The van der Waals surface area contributed by atoms with Gasteiger partial charge in [-0.15, -0.1) is 10.2 Å². The Kier molecular flexibility index (Phi) is 57.2. The SMILES string of the molecule is C[Si](C)(C)[C]1[CH][CH][CH][CH-]1.C[Si](C)(C)c1cc[cH-]c1.C[Si](C)(C)c1ccc[cH-]1.C[Si](C)(C)c1ccc[cH-]1.[Ag+].[C-]#C[Si](C)(C)C.[C-]#C[Si](C)(C)C.[C-]#C[Si](C)(C)C.[C-]#C[Si](C)(C)C.[Cl][Cu].[O-][Cl+3]([O-])([O-])[O-].[Ti+4].[Ti+4]. The molecule has 1 aliphatic rings. The standard InChI is InChI=1S/4C8H13Si.4C5H9Si.Ag.ClHO4.ClH.Cu.2Ti/c4*1-9(2,3)8-6-4-5-7-8;4*1-5-6(2,3)4;;2-1(3,4)5;;;;/h4*4-7H,1-3H3;4*2-4H3;;(H,2,3,4,5);1H;;;/q8*-1;+1;;;+1;2*+4/p-2. The van der Waals surface area contributed by atoms with Gasteiger partial charge in [-0.2, -0.15) is 64.8 Å². The molecular formula is C52H88AgCl2CuO4Si8Ti2. The Bertz CT molecular complexity index is 1570. The minimum absolute atomic E-state index is 0. The van der Waals surface area contributed by atoms with Crippen molar-refractivity contribution in [2.75, 3.05) is 0 Å². The summed E-state index contributed by atoms with van der Waals surface area (Å²) in [7, 11) is -9.53. The van der Waals surface area contributed by atoms with Gasteiger partial charge in [-0.25, -0.2) is 54.2 Å². The predicted octanol–water partition coefficient (Wildman–Crippen LogP) is 9.86. The van der Waals surface area contributed by atoms with Gasteiger partial charge in [-0.05, 0) is 0 Å². The Morgan fingerprint density at radius 1 is 0.486 bits per heavy atom. The van der Waals surface area contributed by atoms with E-state index in [1.54, 1.807) is 21.1 Å². The molecule has 0 aromatic heterocycles. The molecule has 18 heteroatoms. The van der Waals surface area contributed by atoms with Crippen molar-refractivity contribution in [1.82, 2.24) is 0 Å². The van der Waals surface area contributed by atoms with Crippen molar-refractivity contribution in [2.24, 2.45) is 0 Å². The van der Waals surface area contributed by atoms with Gasteiger partial charge in [-0.1, -0.05) is 170 Å². The van der Waals surface area contributed by atoms with Crippen molar-refractivity contribution in [1.29, 1.82) is 0 Å². The van der Waals surface area contributed by atoms with Crippen LogP contribution in [0.4, 0.5) is 0 Å². The first-order chi connectivity index (χ1) is 29.7. The van der Waals surface area contributed by atoms with Crippen molar-refractivity contribution in [3.8, 4) is 22.2 Å². The van der Waals surface area contributed by atoms with Gasteiger partial charge in [0.1, 0.15) is 0 Å². The largest absolute Gasteiger partial charge is 4.00 e. The molecule has 0 spiro atoms. The molecule has 0 unspecified atom stereocenters. The van der Waals surface area contributed by atoms with E-state index in [-0.39, 0.29) is 65.8 Å². The molecule has 4 nitrogen and oxygen atoms in total. The number of hydrogen-bond acceptors (Lipinski definition) is 4. The summed E-state index contributed by atoms with van der Waals surface area (Å²) in [5.74, 6) is 0. The molecule has 4 rings (SSSR count). The summed E-state index contributed by atoms with van der Waals surface area (Å²) >= 11 is 3.66. The molecule has 0 N–H and O–H groups in total. The van der Waals surface area contributed by atoms with Crippen LogP contribution in [0, 0.1) is 89.3 Å². The summed E-state index contributed by atoms with van der Waals surface area (Å²) in [6, 6.07) is 26.1. The minimum Gasteiger partial charge on any atom is -0.222 e. The molecule has 396 valence electrons. The first kappa shape index (κ1) is 90.6. The zero-order chi connectivity index (χ0) is 55.0. The molecule has 1 saturated carbocycles. The Morgan fingerprint density at radius 3 is 0.843 bits per heavy atom. The maximum Gasteiger partial charge on any atom is 4.00 e. The van der Waals surface area contributed by atoms with Crippen molar-refractivity contribution < 1.29 is 110 Å². The summed E-state index contributed by atoms with van der Waals surface area (Å²) in [6.07, 6.45) is 35.4. The minimum atomic E-state index is -4.94. The van der Waals surface area contributed by atoms with Crippen LogP contribution in [0.15, 0.2) is 72.8 Å². The molecule has 1 aliphatic carbocycles. The van der Waals surface area contributed by atoms with Crippen LogP contribution in [0.1, 0.15) is 0 Å². The molecule has 0 heterocycles. The normalized spacial score (nSPS) is 12.0. The second-order valence-electron chi connectivity index (χ2n) is 23.6. The summed E-state index contributed by atoms with van der Waals surface area (Å²) in [5.41, 5.74) is 11.5. The topological polar surface area (TPSA) is 92.2 Å². The fourth-order valence-electron chi connectivity index (χ4n) is 3.50. The van der Waals surface area contributed by atoms with Crippen LogP contribution < -0.4 is 34.2 Å². The van der Waals surface area contributed by atoms with Gasteiger partial charge in [0.05, 0.1) is 48.4 Å². The predicted molar refractivity (Wildman–Crippen MR) is 307 cm³/mol. The second-order valence-corrected chi connectivity index (χ2v) is 63.6. The Labute approximate surface area is 503 Å². The van der Waals surface area contributed by atoms with Crippen molar-refractivity contribution in [3.63, 3.8) is 0 Å². The second kappa shape index (κ2) is 44.2. The van der Waals surface area contributed by atoms with Crippen molar-refractivity contribution >= 4 is 90.2 Å². The summed E-state index contributed by atoms with van der Waals surface area (Å²) in [5, 5.41) is 4.67. The third-order valence-electron chi connectivity index (χ3n) is 7.61. The van der Waals surface area contributed by atoms with Crippen LogP contribution in [0.25, 0.3) is 0 Å². The molecule has 0 bridgehead atoms. The van der Waals surface area contributed by atoms with E-state index in [9.17, 15) is 0 Å². The molecule has 3 aromatic carbocycles. The smallest absolute Gasteiger partial charge is 0.222 e. The number of rotatable bonds is 4. The summed E-state index contributed by atoms with van der Waals surface area (Å²) in [4.78, 5) is 0. The van der Waals surface area contributed by atoms with Crippen LogP contribution in [0.5, 0.6) is 0 Å². The summed E-state index contributed by atoms with van der Waals surface area (Å²) < 4.78 is 34.0. The Hall–Kier alpha value is 1.13. The zero-order valence-corrected chi connectivity index (χ0v) is 62.3. The van der Waals surface area contributed by atoms with Crippen molar-refractivity contribution in [2.45, 2.75) is 157 Å². The van der Waals surface area contributed by atoms with Gasteiger partial charge >= 0.3 is 91.0 Å². The molecule has 0 amide bonds. The molecule has 70 heavy (non-hydrogen) atoms. The average molecular weight is 1340 g/mol. The van der Waals surface area contributed by atoms with Crippen LogP contribution in [0.3, 0.4) is 0 Å². The molecule has 0 aliphatic heterocycles. The molecule has 4 radical (unpaired) electrons. The van der Waals surface area contributed by atoms with Gasteiger partial charge in [0.15, 0.2) is 0 Å². The molecule has 1 fully saturated rings. The average Bonchev–Trinajstić information content (AvgIpc) is 3.98. The van der Waals surface area contributed by atoms with E-state index in [4.69, 9.17) is 44.3 Å². The van der Waals surface area contributed by atoms with Crippen LogP contribution >= 0.6 is 10.1 Å². The number of hydrogen-bond donors (Lipinski definition) is 0.